The van der Waals surface area contributed by atoms with Crippen LogP contribution in [-0.4, -0.2) is 23.9 Å². The van der Waals surface area contributed by atoms with E-state index in [1.165, 1.54) is 12.8 Å². The average Bonchev–Trinajstić information content (AvgIpc) is 3.43. The highest BCUT2D eigenvalue weighted by molar-refractivity contribution is 14.0. The van der Waals surface area contributed by atoms with Crippen LogP contribution in [0.25, 0.3) is 0 Å². The van der Waals surface area contributed by atoms with E-state index in [1.54, 1.807) is 0 Å². The Bertz CT molecular complexity index is 671. The highest BCUT2D eigenvalue weighted by atomic mass is 127. The van der Waals surface area contributed by atoms with Crippen LogP contribution in [0.5, 0.6) is 5.75 Å². The lowest BCUT2D eigenvalue weighted by Gasteiger charge is -2.16. The molecule has 24 heavy (non-hydrogen) atoms. The van der Waals surface area contributed by atoms with Gasteiger partial charge in [-0.3, -0.25) is 0 Å². The summed E-state index contributed by atoms with van der Waals surface area (Å²) in [5.74, 6) is 1.47. The molecule has 4 nitrogen and oxygen atoms in total. The third kappa shape index (κ3) is 5.40. The Hall–Kier alpha value is -1.76. The summed E-state index contributed by atoms with van der Waals surface area (Å²) in [6, 6.07) is 18.8. The molecule has 1 aliphatic carbocycles. The molecule has 0 amide bonds. The summed E-state index contributed by atoms with van der Waals surface area (Å²) in [7, 11) is 2.01. The SMILES string of the molecule is CN(C(N)=NCc1cccc(OCc2ccccc2)c1)C1CC1.I. The predicted octanol–water partition coefficient (Wildman–Crippen LogP) is 3.79. The van der Waals surface area contributed by atoms with Crippen molar-refractivity contribution in [3.8, 4) is 5.75 Å². The van der Waals surface area contributed by atoms with E-state index in [0.717, 1.165) is 16.9 Å². The number of halogens is 1. The van der Waals surface area contributed by atoms with Gasteiger partial charge < -0.3 is 15.4 Å². The molecule has 0 radical (unpaired) electrons. The van der Waals surface area contributed by atoms with E-state index in [0.29, 0.717) is 25.2 Å². The maximum atomic E-state index is 6.02. The molecule has 0 aliphatic heterocycles. The third-order valence-corrected chi connectivity index (χ3v) is 4.03. The van der Waals surface area contributed by atoms with Gasteiger partial charge in [0, 0.05) is 13.1 Å². The molecule has 1 saturated carbocycles. The van der Waals surface area contributed by atoms with Gasteiger partial charge in [0.25, 0.3) is 0 Å². The fraction of sp³-hybridized carbons (Fsp3) is 0.316. The van der Waals surface area contributed by atoms with Gasteiger partial charge in [0.1, 0.15) is 12.4 Å². The molecule has 0 heterocycles. The summed E-state index contributed by atoms with van der Waals surface area (Å²) in [6.45, 7) is 1.14. The molecule has 0 unspecified atom stereocenters. The summed E-state index contributed by atoms with van der Waals surface area (Å²) >= 11 is 0. The first-order valence-electron chi connectivity index (χ1n) is 8.01. The van der Waals surface area contributed by atoms with Crippen LogP contribution in [0.1, 0.15) is 24.0 Å². The van der Waals surface area contributed by atoms with Gasteiger partial charge in [-0.05, 0) is 36.1 Å². The molecular weight excluding hydrogens is 413 g/mol. The Balaban J connectivity index is 0.00000208. The van der Waals surface area contributed by atoms with E-state index in [2.05, 4.69) is 22.0 Å². The monoisotopic (exact) mass is 437 g/mol. The van der Waals surface area contributed by atoms with Crippen LogP contribution in [-0.2, 0) is 13.2 Å². The van der Waals surface area contributed by atoms with Crippen molar-refractivity contribution in [2.24, 2.45) is 10.7 Å². The number of nitrogens with zero attached hydrogens (tertiary/aromatic N) is 2. The number of hydrogen-bond donors (Lipinski definition) is 1. The van der Waals surface area contributed by atoms with Gasteiger partial charge in [-0.1, -0.05) is 42.5 Å². The van der Waals surface area contributed by atoms with E-state index < -0.39 is 0 Å². The zero-order chi connectivity index (χ0) is 16.1. The Labute approximate surface area is 160 Å². The molecule has 0 bridgehead atoms. The number of guanidine groups is 1. The Morgan fingerprint density at radius 2 is 1.83 bits per heavy atom. The lowest BCUT2D eigenvalue weighted by atomic mass is 10.2. The second-order valence-electron chi connectivity index (χ2n) is 5.94. The van der Waals surface area contributed by atoms with Crippen molar-refractivity contribution in [2.45, 2.75) is 32.0 Å². The molecular formula is C19H24IN3O. The smallest absolute Gasteiger partial charge is 0.191 e. The van der Waals surface area contributed by atoms with Crippen LogP contribution >= 0.6 is 24.0 Å². The summed E-state index contributed by atoms with van der Waals surface area (Å²) in [5, 5.41) is 0. The second kappa shape index (κ2) is 8.92. The van der Waals surface area contributed by atoms with Gasteiger partial charge in [0.05, 0.1) is 6.54 Å². The molecule has 2 N–H and O–H groups in total. The largest absolute Gasteiger partial charge is 0.489 e. The second-order valence-corrected chi connectivity index (χ2v) is 5.94. The zero-order valence-corrected chi connectivity index (χ0v) is 16.2. The van der Waals surface area contributed by atoms with E-state index in [-0.39, 0.29) is 24.0 Å². The van der Waals surface area contributed by atoms with Crippen molar-refractivity contribution < 1.29 is 4.74 Å². The Kier molecular flexibility index (Phi) is 6.90. The maximum Gasteiger partial charge on any atom is 0.191 e. The van der Waals surface area contributed by atoms with Gasteiger partial charge in [-0.2, -0.15) is 0 Å². The van der Waals surface area contributed by atoms with Crippen LogP contribution < -0.4 is 10.5 Å². The van der Waals surface area contributed by atoms with Gasteiger partial charge >= 0.3 is 0 Å². The average molecular weight is 437 g/mol. The molecule has 0 saturated heterocycles. The van der Waals surface area contributed by atoms with E-state index in [1.807, 2.05) is 49.5 Å². The Morgan fingerprint density at radius 3 is 2.54 bits per heavy atom. The summed E-state index contributed by atoms with van der Waals surface area (Å²) in [5.41, 5.74) is 8.28. The van der Waals surface area contributed by atoms with Crippen LogP contribution in [0.3, 0.4) is 0 Å². The first-order valence-corrected chi connectivity index (χ1v) is 8.01. The number of hydrogen-bond acceptors (Lipinski definition) is 2. The fourth-order valence-electron chi connectivity index (χ4n) is 2.41. The molecule has 2 aromatic rings. The molecule has 0 aromatic heterocycles. The molecule has 0 atom stereocenters. The summed E-state index contributed by atoms with van der Waals surface area (Å²) < 4.78 is 5.85. The third-order valence-electron chi connectivity index (χ3n) is 4.03. The van der Waals surface area contributed by atoms with Gasteiger partial charge in [-0.15, -0.1) is 24.0 Å². The van der Waals surface area contributed by atoms with Gasteiger partial charge in [0.2, 0.25) is 0 Å². The Morgan fingerprint density at radius 1 is 1.12 bits per heavy atom. The molecule has 1 aliphatic rings. The predicted molar refractivity (Wildman–Crippen MR) is 109 cm³/mol. The van der Waals surface area contributed by atoms with Crippen molar-refractivity contribution in [3.05, 3.63) is 65.7 Å². The van der Waals surface area contributed by atoms with Crippen molar-refractivity contribution in [1.29, 1.82) is 0 Å². The topological polar surface area (TPSA) is 50.8 Å². The standard InChI is InChI=1S/C19H23N3O.HI/c1-22(17-10-11-17)19(20)21-13-16-8-5-9-18(12-16)23-14-15-6-3-2-4-7-15;/h2-9,12,17H,10-11,13-14H2,1H3,(H2,20,21);1H. The van der Waals surface area contributed by atoms with E-state index in [9.17, 15) is 0 Å². The first-order chi connectivity index (χ1) is 11.2. The molecule has 0 spiro atoms. The van der Waals surface area contributed by atoms with Crippen molar-refractivity contribution in [3.63, 3.8) is 0 Å². The van der Waals surface area contributed by atoms with Gasteiger partial charge in [0.15, 0.2) is 5.96 Å². The number of rotatable bonds is 6. The minimum Gasteiger partial charge on any atom is -0.489 e. The zero-order valence-electron chi connectivity index (χ0n) is 13.9. The van der Waals surface area contributed by atoms with Crippen LogP contribution in [0, 0.1) is 0 Å². The lowest BCUT2D eigenvalue weighted by Crippen LogP contribution is -2.35. The van der Waals surface area contributed by atoms with Crippen LogP contribution in [0.2, 0.25) is 0 Å². The van der Waals surface area contributed by atoms with Crippen molar-refractivity contribution in [1.82, 2.24) is 4.90 Å². The summed E-state index contributed by atoms with van der Waals surface area (Å²) in [4.78, 5) is 6.55. The number of benzene rings is 2. The normalized spacial score (nSPS) is 14.0. The summed E-state index contributed by atoms with van der Waals surface area (Å²) in [6.07, 6.45) is 2.44. The molecule has 128 valence electrons. The molecule has 5 heteroatoms. The van der Waals surface area contributed by atoms with Crippen molar-refractivity contribution in [2.75, 3.05) is 7.05 Å². The number of aliphatic imine (C=N–C) groups is 1. The minimum atomic E-state index is 0. The maximum absolute atomic E-state index is 6.02. The van der Waals surface area contributed by atoms with Gasteiger partial charge in [-0.25, -0.2) is 4.99 Å². The first kappa shape index (κ1) is 18.6. The highest BCUT2D eigenvalue weighted by Gasteiger charge is 2.27. The van der Waals surface area contributed by atoms with Crippen LogP contribution in [0.15, 0.2) is 59.6 Å². The minimum absolute atomic E-state index is 0. The molecule has 3 rings (SSSR count). The lowest BCUT2D eigenvalue weighted by molar-refractivity contribution is 0.306. The quantitative estimate of drug-likeness (QED) is 0.425. The van der Waals surface area contributed by atoms with Crippen molar-refractivity contribution >= 4 is 29.9 Å². The fourth-order valence-corrected chi connectivity index (χ4v) is 2.41. The van der Waals surface area contributed by atoms with E-state index in [4.69, 9.17) is 10.5 Å². The highest BCUT2D eigenvalue weighted by Crippen LogP contribution is 2.25. The van der Waals surface area contributed by atoms with Crippen LogP contribution in [0.4, 0.5) is 0 Å². The number of ether oxygens (including phenoxy) is 1. The number of nitrogens with two attached hydrogens (primary N) is 1. The van der Waals surface area contributed by atoms with E-state index >= 15 is 0 Å². The molecule has 2 aromatic carbocycles. The molecule has 1 fully saturated rings.